The molecule has 0 radical (unpaired) electrons. The Morgan fingerprint density at radius 2 is 2.00 bits per heavy atom. The van der Waals surface area contributed by atoms with Crippen LogP contribution in [0.2, 0.25) is 0 Å². The second-order valence-corrected chi connectivity index (χ2v) is 7.24. The summed E-state index contributed by atoms with van der Waals surface area (Å²) in [5.74, 6) is 2.29. The molecule has 0 spiro atoms. The quantitative estimate of drug-likeness (QED) is 0.373. The Hall–Kier alpha value is -1.79. The molecule has 0 atom stereocenters. The minimum absolute atomic E-state index is 0.506. The molecule has 6 nitrogen and oxygen atoms in total. The number of hydrogen-bond acceptors (Lipinski definition) is 4. The summed E-state index contributed by atoms with van der Waals surface area (Å²) in [5.41, 5.74) is 1.11. The van der Waals surface area contributed by atoms with Crippen LogP contribution < -0.4 is 15.4 Å². The largest absolute Gasteiger partial charge is 0.493 e. The van der Waals surface area contributed by atoms with Gasteiger partial charge in [0.05, 0.1) is 26.4 Å². The zero-order chi connectivity index (χ0) is 19.3. The van der Waals surface area contributed by atoms with Gasteiger partial charge in [-0.1, -0.05) is 32.0 Å². The number of guanidine groups is 1. The highest BCUT2D eigenvalue weighted by Crippen LogP contribution is 2.19. The number of rotatable bonds is 10. The highest BCUT2D eigenvalue weighted by atomic mass is 16.5. The van der Waals surface area contributed by atoms with Crippen LogP contribution in [0.3, 0.4) is 0 Å². The number of nitrogens with zero attached hydrogens (tertiary/aromatic N) is 2. The molecule has 152 valence electrons. The lowest BCUT2D eigenvalue weighted by atomic mass is 10.2. The fraction of sp³-hybridized carbons (Fsp3) is 0.667. The van der Waals surface area contributed by atoms with Crippen LogP contribution in [0.1, 0.15) is 32.8 Å². The van der Waals surface area contributed by atoms with E-state index in [1.54, 1.807) is 0 Å². The first kappa shape index (κ1) is 21.5. The van der Waals surface area contributed by atoms with E-state index >= 15 is 0 Å². The van der Waals surface area contributed by atoms with Crippen LogP contribution in [-0.2, 0) is 11.3 Å². The average Bonchev–Trinajstić information content (AvgIpc) is 2.69. The molecule has 1 saturated heterocycles. The van der Waals surface area contributed by atoms with Gasteiger partial charge in [0.25, 0.3) is 0 Å². The first-order valence-electron chi connectivity index (χ1n) is 10.2. The van der Waals surface area contributed by atoms with Gasteiger partial charge in [-0.2, -0.15) is 0 Å². The average molecular weight is 377 g/mol. The zero-order valence-electron chi connectivity index (χ0n) is 17.2. The lowest BCUT2D eigenvalue weighted by Crippen LogP contribution is -2.40. The second-order valence-electron chi connectivity index (χ2n) is 7.24. The number of para-hydroxylation sites is 1. The smallest absolute Gasteiger partial charge is 0.191 e. The first-order chi connectivity index (χ1) is 13.2. The zero-order valence-corrected chi connectivity index (χ0v) is 17.2. The third-order valence-electron chi connectivity index (χ3n) is 4.34. The molecule has 0 amide bonds. The second kappa shape index (κ2) is 12.6. The molecule has 0 aliphatic carbocycles. The Morgan fingerprint density at radius 3 is 2.74 bits per heavy atom. The maximum Gasteiger partial charge on any atom is 0.191 e. The maximum absolute atomic E-state index is 5.93. The molecule has 1 aliphatic rings. The van der Waals surface area contributed by atoms with Crippen LogP contribution in [0.25, 0.3) is 0 Å². The van der Waals surface area contributed by atoms with Crippen LogP contribution in [0.15, 0.2) is 29.3 Å². The molecule has 1 aromatic carbocycles. The van der Waals surface area contributed by atoms with Gasteiger partial charge in [0.1, 0.15) is 5.75 Å². The van der Waals surface area contributed by atoms with Crippen molar-refractivity contribution in [3.05, 3.63) is 29.8 Å². The van der Waals surface area contributed by atoms with Crippen molar-refractivity contribution in [2.45, 2.75) is 33.7 Å². The molecule has 2 N–H and O–H groups in total. The Balaban J connectivity index is 1.81. The summed E-state index contributed by atoms with van der Waals surface area (Å²) in [7, 11) is 0. The van der Waals surface area contributed by atoms with Gasteiger partial charge < -0.3 is 20.1 Å². The van der Waals surface area contributed by atoms with Gasteiger partial charge in [0.2, 0.25) is 0 Å². The monoisotopic (exact) mass is 376 g/mol. The number of nitrogens with one attached hydrogen (secondary N) is 2. The highest BCUT2D eigenvalue weighted by molar-refractivity contribution is 5.79. The summed E-state index contributed by atoms with van der Waals surface area (Å²) in [6.07, 6.45) is 1.10. The molecule has 1 heterocycles. The van der Waals surface area contributed by atoms with Crippen molar-refractivity contribution >= 4 is 5.96 Å². The van der Waals surface area contributed by atoms with Gasteiger partial charge in [-0.15, -0.1) is 0 Å². The lowest BCUT2D eigenvalue weighted by molar-refractivity contribution is 0.0376. The summed E-state index contributed by atoms with van der Waals surface area (Å²) >= 11 is 0. The predicted octanol–water partition coefficient (Wildman–Crippen LogP) is 2.50. The van der Waals surface area contributed by atoms with Crippen molar-refractivity contribution in [3.8, 4) is 5.75 Å². The normalized spacial score (nSPS) is 15.8. The molecule has 0 unspecified atom stereocenters. The predicted molar refractivity (Wildman–Crippen MR) is 111 cm³/mol. The van der Waals surface area contributed by atoms with E-state index in [1.807, 2.05) is 18.2 Å². The molecule has 27 heavy (non-hydrogen) atoms. The lowest BCUT2D eigenvalue weighted by Gasteiger charge is -2.26. The van der Waals surface area contributed by atoms with Gasteiger partial charge in [-0.25, -0.2) is 4.99 Å². The number of aliphatic imine (C=N–C) groups is 1. The van der Waals surface area contributed by atoms with Gasteiger partial charge in [-0.3, -0.25) is 4.90 Å². The van der Waals surface area contributed by atoms with Crippen molar-refractivity contribution in [2.75, 3.05) is 52.5 Å². The van der Waals surface area contributed by atoms with E-state index in [2.05, 4.69) is 42.4 Å². The van der Waals surface area contributed by atoms with Gasteiger partial charge in [-0.05, 0) is 31.9 Å². The van der Waals surface area contributed by atoms with Crippen molar-refractivity contribution in [1.29, 1.82) is 0 Å². The first-order valence-corrected chi connectivity index (χ1v) is 10.2. The number of benzene rings is 1. The standard InChI is InChI=1S/C21H36N4O2/c1-4-22-21(23-10-7-11-25-12-14-26-15-13-25)24-16-19-8-5-6-9-20(19)27-17-18(2)3/h5-6,8-9,18H,4,7,10-17H2,1-3H3,(H2,22,23,24). The summed E-state index contributed by atoms with van der Waals surface area (Å²) in [4.78, 5) is 7.19. The Bertz CT molecular complexity index is 557. The van der Waals surface area contributed by atoms with Gasteiger partial charge >= 0.3 is 0 Å². The maximum atomic E-state index is 5.93. The van der Waals surface area contributed by atoms with Crippen LogP contribution in [0, 0.1) is 5.92 Å². The van der Waals surface area contributed by atoms with E-state index in [1.165, 1.54) is 0 Å². The molecule has 0 saturated carbocycles. The molecule has 6 heteroatoms. The van der Waals surface area contributed by atoms with E-state index in [4.69, 9.17) is 14.5 Å². The molecular formula is C21H36N4O2. The third kappa shape index (κ3) is 8.63. The van der Waals surface area contributed by atoms with Crippen LogP contribution in [0.5, 0.6) is 5.75 Å². The van der Waals surface area contributed by atoms with Gasteiger partial charge in [0.15, 0.2) is 5.96 Å². The van der Waals surface area contributed by atoms with E-state index in [9.17, 15) is 0 Å². The van der Waals surface area contributed by atoms with E-state index in [0.717, 1.165) is 76.2 Å². The number of ether oxygens (including phenoxy) is 2. The Labute approximate surface area is 164 Å². The summed E-state index contributed by atoms with van der Waals surface area (Å²) in [6, 6.07) is 8.16. The van der Waals surface area contributed by atoms with Crippen molar-refractivity contribution in [3.63, 3.8) is 0 Å². The SMILES string of the molecule is CCNC(=NCc1ccccc1OCC(C)C)NCCCN1CCOCC1. The van der Waals surface area contributed by atoms with E-state index < -0.39 is 0 Å². The number of morpholine rings is 1. The molecule has 0 bridgehead atoms. The summed E-state index contributed by atoms with van der Waals surface area (Å²) in [5, 5.41) is 6.77. The molecular weight excluding hydrogens is 340 g/mol. The minimum atomic E-state index is 0.506. The highest BCUT2D eigenvalue weighted by Gasteiger charge is 2.09. The molecule has 2 rings (SSSR count). The molecule has 1 aromatic rings. The van der Waals surface area contributed by atoms with E-state index in [0.29, 0.717) is 12.5 Å². The number of hydrogen-bond donors (Lipinski definition) is 2. The molecule has 1 aliphatic heterocycles. The van der Waals surface area contributed by atoms with E-state index in [-0.39, 0.29) is 0 Å². The Morgan fingerprint density at radius 1 is 1.22 bits per heavy atom. The van der Waals surface area contributed by atoms with Crippen LogP contribution in [-0.4, -0.2) is 63.4 Å². The fourth-order valence-electron chi connectivity index (χ4n) is 2.87. The van der Waals surface area contributed by atoms with Crippen molar-refractivity contribution in [2.24, 2.45) is 10.9 Å². The van der Waals surface area contributed by atoms with Crippen LogP contribution in [0.4, 0.5) is 0 Å². The Kier molecular flexibility index (Phi) is 10.0. The summed E-state index contributed by atoms with van der Waals surface area (Å²) in [6.45, 7) is 14.4. The summed E-state index contributed by atoms with van der Waals surface area (Å²) < 4.78 is 11.3. The third-order valence-corrected chi connectivity index (χ3v) is 4.34. The minimum Gasteiger partial charge on any atom is -0.493 e. The topological polar surface area (TPSA) is 58.1 Å². The van der Waals surface area contributed by atoms with Crippen molar-refractivity contribution < 1.29 is 9.47 Å². The van der Waals surface area contributed by atoms with Gasteiger partial charge in [0, 0.05) is 31.7 Å². The fourth-order valence-corrected chi connectivity index (χ4v) is 2.87. The molecule has 1 fully saturated rings. The van der Waals surface area contributed by atoms with Crippen LogP contribution >= 0.6 is 0 Å². The molecule has 0 aromatic heterocycles. The van der Waals surface area contributed by atoms with Crippen molar-refractivity contribution in [1.82, 2.24) is 15.5 Å².